The van der Waals surface area contributed by atoms with E-state index in [9.17, 15) is 0 Å². The zero-order valence-electron chi connectivity index (χ0n) is 32.2. The molecule has 0 saturated heterocycles. The predicted molar refractivity (Wildman–Crippen MR) is 219 cm³/mol. The maximum absolute atomic E-state index is 6.17. The van der Waals surface area contributed by atoms with Gasteiger partial charge in [-0.3, -0.25) is 0 Å². The summed E-state index contributed by atoms with van der Waals surface area (Å²) in [6.45, 7) is 22.6. The topological polar surface area (TPSA) is 38.9 Å². The second kappa shape index (κ2) is 15.8. The first-order chi connectivity index (χ1) is 24.1. The third-order valence-electron chi connectivity index (χ3n) is 9.32. The molecule has 269 valence electrons. The van der Waals surface area contributed by atoms with E-state index in [-0.39, 0.29) is 25.5 Å². The molecule has 0 amide bonds. The van der Waals surface area contributed by atoms with E-state index in [0.29, 0.717) is 5.92 Å². The Morgan fingerprint density at radius 2 is 1.40 bits per heavy atom. The molecule has 1 radical (unpaired) electrons. The molecule has 3 nitrogen and oxygen atoms in total. The average Bonchev–Trinajstić information content (AvgIpc) is 3.45. The van der Waals surface area contributed by atoms with Gasteiger partial charge in [-0.05, 0) is 65.5 Å². The Morgan fingerprint density at radius 1 is 0.712 bits per heavy atom. The largest absolute Gasteiger partial charge is 0.500 e. The summed E-state index contributed by atoms with van der Waals surface area (Å²) in [6, 6.07) is 38.8. The fourth-order valence-corrected chi connectivity index (χ4v) is 8.29. The zero-order chi connectivity index (χ0) is 36.5. The van der Waals surface area contributed by atoms with E-state index < -0.39 is 8.07 Å². The summed E-state index contributed by atoms with van der Waals surface area (Å²) >= 11 is 0. The van der Waals surface area contributed by atoms with Gasteiger partial charge in [0.05, 0.1) is 13.7 Å². The Bertz CT molecular complexity index is 2290. The quantitative estimate of drug-likeness (QED) is 0.123. The number of benzene rings is 4. The summed E-state index contributed by atoms with van der Waals surface area (Å²) in [4.78, 5) is 9.26. The van der Waals surface area contributed by atoms with Crippen molar-refractivity contribution in [2.45, 2.75) is 80.4 Å². The van der Waals surface area contributed by atoms with Gasteiger partial charge in [0.1, 0.15) is 5.58 Å². The van der Waals surface area contributed by atoms with E-state index in [4.69, 9.17) is 4.42 Å². The van der Waals surface area contributed by atoms with E-state index in [1.165, 1.54) is 33.0 Å². The Labute approximate surface area is 325 Å². The summed E-state index contributed by atoms with van der Waals surface area (Å²) < 4.78 is 6.17. The number of nitrogens with zero attached hydrogens (tertiary/aromatic N) is 2. The van der Waals surface area contributed by atoms with Gasteiger partial charge in [-0.1, -0.05) is 131 Å². The Balaban J connectivity index is 0.000000217. The number of aromatic nitrogens is 2. The molecule has 0 aliphatic rings. The minimum Gasteiger partial charge on any atom is -0.500 e. The number of hydrogen-bond acceptors (Lipinski definition) is 3. The molecule has 0 aliphatic carbocycles. The summed E-state index contributed by atoms with van der Waals surface area (Å²) in [7, 11) is -1.30. The summed E-state index contributed by atoms with van der Waals surface area (Å²) in [5, 5.41) is 3.66. The number of aryl methyl sites for hydroxylation is 2. The molecule has 5 heteroatoms. The van der Waals surface area contributed by atoms with Gasteiger partial charge in [-0.25, -0.2) is 0 Å². The first-order valence-corrected chi connectivity index (χ1v) is 21.5. The zero-order valence-corrected chi connectivity index (χ0v) is 35.6. The van der Waals surface area contributed by atoms with Crippen molar-refractivity contribution in [1.82, 2.24) is 9.97 Å². The minimum absolute atomic E-state index is 0. The molecule has 0 fully saturated rings. The van der Waals surface area contributed by atoms with Crippen molar-refractivity contribution in [1.29, 1.82) is 0 Å². The number of pyridine rings is 2. The Morgan fingerprint density at radius 3 is 2.04 bits per heavy atom. The molecule has 0 spiro atoms. The summed E-state index contributed by atoms with van der Waals surface area (Å²) in [6.07, 6.45) is 4.98. The van der Waals surface area contributed by atoms with Crippen LogP contribution in [0, 0.1) is 31.4 Å². The van der Waals surface area contributed by atoms with Crippen LogP contribution in [0.3, 0.4) is 0 Å². The number of hydrogen-bond donors (Lipinski definition) is 0. The van der Waals surface area contributed by atoms with Gasteiger partial charge in [-0.2, -0.15) is 0 Å². The maximum atomic E-state index is 6.17. The number of furan rings is 1. The molecule has 0 saturated carbocycles. The molecule has 0 aliphatic heterocycles. The molecule has 7 aromatic rings. The van der Waals surface area contributed by atoms with Crippen molar-refractivity contribution in [3.63, 3.8) is 0 Å². The molecule has 4 aromatic carbocycles. The van der Waals surface area contributed by atoms with Crippen LogP contribution in [-0.2, 0) is 26.5 Å². The van der Waals surface area contributed by atoms with Crippen LogP contribution >= 0.6 is 0 Å². The second-order valence-electron chi connectivity index (χ2n) is 16.4. The first-order valence-electron chi connectivity index (χ1n) is 18.0. The van der Waals surface area contributed by atoms with Crippen molar-refractivity contribution in [3.8, 4) is 33.6 Å². The predicted octanol–water partition coefficient (Wildman–Crippen LogP) is 12.5. The number of rotatable bonds is 6. The third-order valence-corrected chi connectivity index (χ3v) is 11.5. The summed E-state index contributed by atoms with van der Waals surface area (Å²) in [5.74, 6) is 0.546. The minimum atomic E-state index is -1.30. The maximum Gasteiger partial charge on any atom is 0.121 e. The van der Waals surface area contributed by atoms with Crippen molar-refractivity contribution in [3.05, 3.63) is 138 Å². The van der Waals surface area contributed by atoms with Crippen LogP contribution in [0.1, 0.15) is 62.8 Å². The van der Waals surface area contributed by atoms with Gasteiger partial charge >= 0.3 is 0 Å². The molecule has 52 heavy (non-hydrogen) atoms. The molecule has 0 atom stereocenters. The van der Waals surface area contributed by atoms with Gasteiger partial charge < -0.3 is 14.4 Å². The Kier molecular flexibility index (Phi) is 11.9. The van der Waals surface area contributed by atoms with E-state index in [1.54, 1.807) is 0 Å². The molecule has 7 rings (SSSR count). The van der Waals surface area contributed by atoms with E-state index in [1.807, 2.05) is 12.3 Å². The van der Waals surface area contributed by atoms with Gasteiger partial charge in [0.15, 0.2) is 0 Å². The smallest absolute Gasteiger partial charge is 0.121 e. The monoisotopic (exact) mass is 879 g/mol. The van der Waals surface area contributed by atoms with Crippen LogP contribution in [0.15, 0.2) is 108 Å². The second-order valence-corrected chi connectivity index (χ2v) is 21.5. The van der Waals surface area contributed by atoms with E-state index >= 15 is 0 Å². The van der Waals surface area contributed by atoms with Crippen LogP contribution in [0.4, 0.5) is 0 Å². The van der Waals surface area contributed by atoms with Crippen LogP contribution < -0.4 is 5.19 Å². The number of fused-ring (bicyclic) bond motifs is 3. The van der Waals surface area contributed by atoms with E-state index in [0.717, 1.165) is 56.4 Å². The standard InChI is InChI=1S/C29H26NO.C18H24NSi.Ir/c1-19-5-7-21(8-6-19)22-9-11-24-25-16-23(10-12-27(25)31-28(24)17-22)26-15-20(13-14-30-26)18-29(2,3)4;1-13(2)15-7-9-16(10-8-15)17-11-14(3)18(12-19-17)20(4,5)6;/h5-9,11-17H,18H2,1-4H3;7-9,11-13H,1-6H3;/q2*-1;. The van der Waals surface area contributed by atoms with Crippen molar-refractivity contribution >= 4 is 35.2 Å². The molecule has 3 aromatic heterocycles. The summed E-state index contributed by atoms with van der Waals surface area (Å²) in [5.41, 5.74) is 13.6. The van der Waals surface area contributed by atoms with Gasteiger partial charge in [-0.15, -0.1) is 59.2 Å². The molecule has 0 N–H and O–H groups in total. The molecule has 0 unspecified atom stereocenters. The average molecular weight is 879 g/mol. The molecule has 3 heterocycles. The molecule has 0 bridgehead atoms. The fraction of sp³-hybridized carbons (Fsp3) is 0.277. The van der Waals surface area contributed by atoms with Crippen LogP contribution in [0.25, 0.3) is 55.6 Å². The third kappa shape index (κ3) is 9.25. The Hall–Kier alpha value is -4.15. The molecular formula is C47H50IrN2OSi-2. The van der Waals surface area contributed by atoms with Crippen LogP contribution in [0.2, 0.25) is 19.6 Å². The van der Waals surface area contributed by atoms with E-state index in [2.05, 4.69) is 181 Å². The normalized spacial score (nSPS) is 11.8. The van der Waals surface area contributed by atoms with Crippen molar-refractivity contribution < 1.29 is 24.5 Å². The van der Waals surface area contributed by atoms with Gasteiger partial charge in [0.2, 0.25) is 0 Å². The first kappa shape index (κ1) is 39.1. The SMILES string of the molecule is Cc1cc(-c2[c-]cc(C(C)C)cc2)ncc1[Si](C)(C)C.Cc1ccc(-c2ccc3c(c2)oc2c[c-]c(-c4cc(CC(C)(C)C)ccn4)cc23)cc1.[Ir]. The van der Waals surface area contributed by atoms with Crippen molar-refractivity contribution in [2.75, 3.05) is 0 Å². The van der Waals surface area contributed by atoms with Gasteiger partial charge in [0, 0.05) is 37.9 Å². The molecular weight excluding hydrogens is 829 g/mol. The van der Waals surface area contributed by atoms with Crippen LogP contribution in [-0.4, -0.2) is 18.0 Å². The van der Waals surface area contributed by atoms with Crippen LogP contribution in [0.5, 0.6) is 0 Å². The fourth-order valence-electron chi connectivity index (χ4n) is 6.58. The van der Waals surface area contributed by atoms with Crippen molar-refractivity contribution in [2.24, 2.45) is 5.41 Å². The van der Waals surface area contributed by atoms with Gasteiger partial charge in [0.25, 0.3) is 0 Å².